The van der Waals surface area contributed by atoms with E-state index in [2.05, 4.69) is 135 Å². The summed E-state index contributed by atoms with van der Waals surface area (Å²) in [7, 11) is -4.40. The van der Waals surface area contributed by atoms with Crippen LogP contribution in [0.25, 0.3) is 0 Å². The highest BCUT2D eigenvalue weighted by atomic mass is 31.2. The molecule has 0 bridgehead atoms. The van der Waals surface area contributed by atoms with Crippen LogP contribution in [0.3, 0.4) is 0 Å². The third-order valence-electron chi connectivity index (χ3n) is 10.6. The van der Waals surface area contributed by atoms with E-state index in [1.807, 2.05) is 0 Å². The summed E-state index contributed by atoms with van der Waals surface area (Å²) < 4.78 is 32.9. The second-order valence-electron chi connectivity index (χ2n) is 17.0. The number of carbonyl (C=O) groups excluding carboxylic acids is 2. The predicted octanol–water partition coefficient (Wildman–Crippen LogP) is 16.4. The summed E-state index contributed by atoms with van der Waals surface area (Å²) in [5, 5.41) is 0. The van der Waals surface area contributed by atoms with Crippen molar-refractivity contribution in [1.29, 1.82) is 0 Å². The summed E-state index contributed by atoms with van der Waals surface area (Å²) in [5.74, 6) is -0.870. The third kappa shape index (κ3) is 51.8. The van der Waals surface area contributed by atoms with Gasteiger partial charge < -0.3 is 20.1 Å². The van der Waals surface area contributed by atoms with E-state index in [0.29, 0.717) is 12.8 Å². The Hall–Kier alpha value is -3.59. The van der Waals surface area contributed by atoms with Gasteiger partial charge in [0.05, 0.1) is 13.2 Å². The van der Waals surface area contributed by atoms with Gasteiger partial charge >= 0.3 is 19.8 Å². The van der Waals surface area contributed by atoms with Gasteiger partial charge in [-0.05, 0) is 109 Å². The Kier molecular flexibility index (Phi) is 50.0. The third-order valence-corrected chi connectivity index (χ3v) is 11.6. The summed E-state index contributed by atoms with van der Waals surface area (Å²) in [5.41, 5.74) is 5.36. The van der Waals surface area contributed by atoms with Gasteiger partial charge in [0.2, 0.25) is 0 Å². The van der Waals surface area contributed by atoms with Crippen molar-refractivity contribution in [2.75, 3.05) is 26.4 Å². The number of carbonyl (C=O) groups is 2. The van der Waals surface area contributed by atoms with Crippen molar-refractivity contribution in [2.24, 2.45) is 5.73 Å². The fourth-order valence-electron chi connectivity index (χ4n) is 6.68. The van der Waals surface area contributed by atoms with Crippen LogP contribution in [-0.4, -0.2) is 49.3 Å². The van der Waals surface area contributed by atoms with Gasteiger partial charge in [-0.3, -0.25) is 18.6 Å². The van der Waals surface area contributed by atoms with E-state index in [4.69, 9.17) is 24.3 Å². The molecule has 386 valence electrons. The molecule has 0 aromatic carbocycles. The maximum atomic E-state index is 12.7. The van der Waals surface area contributed by atoms with Crippen LogP contribution in [0, 0.1) is 0 Å². The Balaban J connectivity index is 4.10. The molecule has 0 spiro atoms. The number of esters is 2. The van der Waals surface area contributed by atoms with Crippen molar-refractivity contribution in [3.63, 3.8) is 0 Å². The summed E-state index contributed by atoms with van der Waals surface area (Å²) in [6, 6.07) is 0. The second-order valence-corrected chi connectivity index (χ2v) is 18.5. The Morgan fingerprint density at radius 1 is 0.456 bits per heavy atom. The summed E-state index contributed by atoms with van der Waals surface area (Å²) in [6.45, 7) is 3.56. The first-order valence-corrected chi connectivity index (χ1v) is 28.0. The molecule has 10 heteroatoms. The molecule has 0 radical (unpaired) electrons. The number of hydrogen-bond donors (Lipinski definition) is 2. The first-order valence-electron chi connectivity index (χ1n) is 26.5. The minimum atomic E-state index is -4.40. The zero-order chi connectivity index (χ0) is 49.5. The lowest BCUT2D eigenvalue weighted by molar-refractivity contribution is -0.161. The highest BCUT2D eigenvalue weighted by Gasteiger charge is 2.26. The van der Waals surface area contributed by atoms with Crippen LogP contribution in [0.5, 0.6) is 0 Å². The number of phosphoric acid groups is 1. The Labute approximate surface area is 415 Å². The molecule has 0 amide bonds. The van der Waals surface area contributed by atoms with Crippen LogP contribution in [0.1, 0.15) is 200 Å². The van der Waals surface area contributed by atoms with Crippen LogP contribution >= 0.6 is 7.82 Å². The van der Waals surface area contributed by atoms with Crippen molar-refractivity contribution in [1.82, 2.24) is 0 Å². The Morgan fingerprint density at radius 2 is 0.809 bits per heavy atom. The number of ether oxygens (including phenoxy) is 2. The van der Waals surface area contributed by atoms with Gasteiger partial charge in [-0.1, -0.05) is 200 Å². The van der Waals surface area contributed by atoms with Gasteiger partial charge in [0.1, 0.15) is 6.61 Å². The molecule has 0 saturated heterocycles. The summed E-state index contributed by atoms with van der Waals surface area (Å²) in [6.07, 6.45) is 72.4. The lowest BCUT2D eigenvalue weighted by Gasteiger charge is -2.19. The van der Waals surface area contributed by atoms with Crippen LogP contribution < -0.4 is 5.73 Å². The molecular formula is C58H96NO8P. The van der Waals surface area contributed by atoms with E-state index in [1.165, 1.54) is 38.5 Å². The first-order chi connectivity index (χ1) is 33.3. The molecule has 0 heterocycles. The topological polar surface area (TPSA) is 134 Å². The summed E-state index contributed by atoms with van der Waals surface area (Å²) in [4.78, 5) is 35.0. The average molecular weight is 966 g/mol. The number of unbranched alkanes of at least 4 members (excludes halogenated alkanes) is 15. The van der Waals surface area contributed by atoms with Gasteiger partial charge in [-0.25, -0.2) is 4.57 Å². The lowest BCUT2D eigenvalue weighted by Crippen LogP contribution is -2.29. The molecule has 3 N–H and O–H groups in total. The Bertz CT molecular complexity index is 1520. The van der Waals surface area contributed by atoms with Crippen LogP contribution in [-0.2, 0) is 32.7 Å². The predicted molar refractivity (Wildman–Crippen MR) is 288 cm³/mol. The molecule has 0 fully saturated rings. The monoisotopic (exact) mass is 966 g/mol. The number of phosphoric ester groups is 1. The number of hydrogen-bond acceptors (Lipinski definition) is 8. The van der Waals surface area contributed by atoms with Crippen molar-refractivity contribution < 1.29 is 37.6 Å². The quantitative estimate of drug-likeness (QED) is 0.0264. The largest absolute Gasteiger partial charge is 0.472 e. The molecule has 2 atom stereocenters. The van der Waals surface area contributed by atoms with Gasteiger partial charge in [0.15, 0.2) is 6.10 Å². The lowest BCUT2D eigenvalue weighted by atomic mass is 10.1. The maximum absolute atomic E-state index is 12.7. The summed E-state index contributed by atoms with van der Waals surface area (Å²) >= 11 is 0. The highest BCUT2D eigenvalue weighted by molar-refractivity contribution is 7.47. The molecule has 0 saturated carbocycles. The molecule has 0 aliphatic carbocycles. The van der Waals surface area contributed by atoms with Gasteiger partial charge in [-0.2, -0.15) is 0 Å². The van der Waals surface area contributed by atoms with Gasteiger partial charge in [0, 0.05) is 19.4 Å². The standard InChI is InChI=1S/C58H96NO8P/c1-3-5-7-9-11-13-15-17-19-20-21-22-23-24-25-26-27-28-29-30-31-32-33-34-35-36-37-39-41-43-45-47-49-51-58(61)67-56(55-66-68(62,63)65-53-52-59)54-64-57(60)50-48-46-44-42-40-38-18-16-14-12-10-8-6-4-2/h5,7,11,13,16-19,21-22,24-25,27-28,30-31,33-34,36-37,56H,3-4,6,8-10,12,14-15,20,23,26,29,32,35,38-55,59H2,1-2H3,(H,62,63)/b7-5-,13-11-,18-16-,19-17-,22-21-,25-24-,28-27-,31-30-,34-33-,37-36-. The fourth-order valence-corrected chi connectivity index (χ4v) is 7.44. The smallest absolute Gasteiger partial charge is 0.462 e. The molecule has 0 aliphatic heterocycles. The number of rotatable bonds is 48. The Morgan fingerprint density at radius 3 is 1.22 bits per heavy atom. The van der Waals surface area contributed by atoms with Gasteiger partial charge in [-0.15, -0.1) is 0 Å². The van der Waals surface area contributed by atoms with Crippen molar-refractivity contribution in [3.8, 4) is 0 Å². The number of allylic oxidation sites excluding steroid dienone is 20. The molecule has 0 aromatic rings. The molecule has 68 heavy (non-hydrogen) atoms. The fraction of sp³-hybridized carbons (Fsp3) is 0.621. The zero-order valence-corrected chi connectivity index (χ0v) is 43.7. The van der Waals surface area contributed by atoms with Crippen LogP contribution in [0.4, 0.5) is 0 Å². The highest BCUT2D eigenvalue weighted by Crippen LogP contribution is 2.43. The van der Waals surface area contributed by atoms with Crippen LogP contribution in [0.15, 0.2) is 122 Å². The molecule has 0 aromatic heterocycles. The number of nitrogens with two attached hydrogens (primary N) is 1. The van der Waals surface area contributed by atoms with Gasteiger partial charge in [0.25, 0.3) is 0 Å². The first kappa shape index (κ1) is 64.4. The van der Waals surface area contributed by atoms with E-state index >= 15 is 0 Å². The minimum Gasteiger partial charge on any atom is -0.462 e. The zero-order valence-electron chi connectivity index (χ0n) is 42.8. The van der Waals surface area contributed by atoms with E-state index in [1.54, 1.807) is 0 Å². The maximum Gasteiger partial charge on any atom is 0.472 e. The van der Waals surface area contributed by atoms with E-state index in [9.17, 15) is 19.0 Å². The van der Waals surface area contributed by atoms with E-state index in [-0.39, 0.29) is 32.6 Å². The SMILES string of the molecule is CC/C=C\C/C=C\C/C=C\C/C=C\C/C=C\C/C=C\C/C=C\C/C=C\C/C=C\CCCCCCCC(=O)OC(COC(=O)CCCCCCC/C=C\CCCCCCC)COP(=O)(O)OCCN. The minimum absolute atomic E-state index is 0.0425. The molecule has 2 unspecified atom stereocenters. The van der Waals surface area contributed by atoms with Crippen molar-refractivity contribution in [2.45, 2.75) is 206 Å². The molecular weight excluding hydrogens is 870 g/mol. The molecule has 0 rings (SSSR count). The molecule has 0 aliphatic rings. The average Bonchev–Trinajstić information content (AvgIpc) is 3.33. The second kappa shape index (κ2) is 52.8. The van der Waals surface area contributed by atoms with Crippen LogP contribution in [0.2, 0.25) is 0 Å². The van der Waals surface area contributed by atoms with E-state index in [0.717, 1.165) is 122 Å². The van der Waals surface area contributed by atoms with Crippen molar-refractivity contribution in [3.05, 3.63) is 122 Å². The van der Waals surface area contributed by atoms with Crippen molar-refractivity contribution >= 4 is 19.8 Å². The normalized spacial score (nSPS) is 14.1. The molecule has 9 nitrogen and oxygen atoms in total. The van der Waals surface area contributed by atoms with E-state index < -0.39 is 32.5 Å².